The zero-order chi connectivity index (χ0) is 24.7. The molecule has 1 aliphatic heterocycles. The molecule has 2 fully saturated rings. The molecule has 2 atom stereocenters. The number of nitrogens with two attached hydrogens (primary N) is 1. The molecule has 180 valence electrons. The molecule has 3 aromatic rings. The molecule has 0 unspecified atom stereocenters. The largest absolute Gasteiger partial charge is 0.481 e. The first-order valence-corrected chi connectivity index (χ1v) is 11.7. The molecule has 10 heteroatoms. The summed E-state index contributed by atoms with van der Waals surface area (Å²) in [7, 11) is 1.56. The Kier molecular flexibility index (Phi) is 5.55. The van der Waals surface area contributed by atoms with Crippen molar-refractivity contribution in [3.8, 4) is 23.1 Å². The van der Waals surface area contributed by atoms with Gasteiger partial charge in [0, 0.05) is 48.7 Å². The van der Waals surface area contributed by atoms with Crippen LogP contribution in [-0.4, -0.2) is 57.6 Å². The van der Waals surface area contributed by atoms with Crippen molar-refractivity contribution in [1.82, 2.24) is 19.5 Å². The van der Waals surface area contributed by atoms with E-state index in [0.29, 0.717) is 43.0 Å². The number of rotatable bonds is 7. The van der Waals surface area contributed by atoms with Gasteiger partial charge in [0.15, 0.2) is 0 Å². The fraction of sp³-hybridized carbons (Fsp3) is 0.400. The van der Waals surface area contributed by atoms with E-state index in [0.717, 1.165) is 17.5 Å². The number of carbonyl (C=O) groups is 2. The van der Waals surface area contributed by atoms with Gasteiger partial charge in [-0.25, -0.2) is 9.50 Å². The normalized spacial score (nSPS) is 20.4. The van der Waals surface area contributed by atoms with Crippen LogP contribution in [0.4, 0.5) is 5.69 Å². The molecule has 1 saturated heterocycles. The first-order chi connectivity index (χ1) is 16.9. The number of hydrogen-bond donors (Lipinski definition) is 2. The molecule has 1 saturated carbocycles. The second-order valence-corrected chi connectivity index (χ2v) is 9.27. The summed E-state index contributed by atoms with van der Waals surface area (Å²) in [5.41, 5.74) is 8.16. The van der Waals surface area contributed by atoms with Crippen LogP contribution in [0.5, 0.6) is 5.88 Å². The van der Waals surface area contributed by atoms with Crippen molar-refractivity contribution in [3.05, 3.63) is 42.4 Å². The van der Waals surface area contributed by atoms with Crippen LogP contribution in [0.15, 0.2) is 36.8 Å². The molecule has 1 aliphatic carbocycles. The van der Waals surface area contributed by atoms with Crippen LogP contribution in [0.2, 0.25) is 0 Å². The van der Waals surface area contributed by atoms with Crippen molar-refractivity contribution in [1.29, 1.82) is 5.26 Å². The lowest BCUT2D eigenvalue weighted by Crippen LogP contribution is -2.36. The van der Waals surface area contributed by atoms with Crippen LogP contribution < -0.4 is 15.8 Å². The molecule has 2 aliphatic rings. The summed E-state index contributed by atoms with van der Waals surface area (Å²) < 4.78 is 6.84. The molecule has 10 nitrogen and oxygen atoms in total. The van der Waals surface area contributed by atoms with Crippen LogP contribution in [0, 0.1) is 22.7 Å². The zero-order valence-electron chi connectivity index (χ0n) is 19.7. The average molecular weight is 474 g/mol. The maximum absolute atomic E-state index is 13.0. The van der Waals surface area contributed by atoms with Gasteiger partial charge in [0.05, 0.1) is 36.1 Å². The smallest absolute Gasteiger partial charge is 0.252 e. The van der Waals surface area contributed by atoms with Crippen LogP contribution in [-0.2, 0) is 4.79 Å². The van der Waals surface area contributed by atoms with Gasteiger partial charge in [0.2, 0.25) is 11.8 Å². The van der Waals surface area contributed by atoms with Gasteiger partial charge in [0.1, 0.15) is 5.41 Å². The standard InChI is InChI=1S/C25H27N7O3/c1-3-15-11-31(24(34)25(14-26)6-7-25)13-19(15)30-22-18(23(27)33)10-29-32-12-17(8-20(22)32)16-4-5-21(35-2)28-9-16/h4-5,8-10,12,15,19,30H,3,6-7,11,13H2,1-2H3,(H2,27,33)/t15-,19-/m1/s1. The van der Waals surface area contributed by atoms with Crippen LogP contribution >= 0.6 is 0 Å². The minimum absolute atomic E-state index is 0.0882. The second-order valence-electron chi connectivity index (χ2n) is 9.27. The van der Waals surface area contributed by atoms with Gasteiger partial charge >= 0.3 is 0 Å². The summed E-state index contributed by atoms with van der Waals surface area (Å²) in [4.78, 5) is 31.3. The number of nitrogens with one attached hydrogen (secondary N) is 1. The monoisotopic (exact) mass is 473 g/mol. The lowest BCUT2D eigenvalue weighted by molar-refractivity contribution is -0.134. The van der Waals surface area contributed by atoms with Crippen molar-refractivity contribution < 1.29 is 14.3 Å². The van der Waals surface area contributed by atoms with Gasteiger partial charge in [0.25, 0.3) is 5.91 Å². The molecule has 5 rings (SSSR count). The Morgan fingerprint density at radius 1 is 1.29 bits per heavy atom. The average Bonchev–Trinajstić information content (AvgIpc) is 3.38. The van der Waals surface area contributed by atoms with E-state index in [1.54, 1.807) is 28.8 Å². The highest BCUT2D eigenvalue weighted by molar-refractivity contribution is 6.02. The third-order valence-corrected chi connectivity index (χ3v) is 7.14. The Hall–Kier alpha value is -4.13. The Balaban J connectivity index is 1.49. The minimum Gasteiger partial charge on any atom is -0.481 e. The van der Waals surface area contributed by atoms with Gasteiger partial charge < -0.3 is 20.7 Å². The molecule has 3 aromatic heterocycles. The van der Waals surface area contributed by atoms with Crippen LogP contribution in [0.1, 0.15) is 36.5 Å². The first-order valence-electron chi connectivity index (χ1n) is 11.7. The fourth-order valence-corrected chi connectivity index (χ4v) is 4.83. The number of nitriles is 1. The Morgan fingerprint density at radius 3 is 2.69 bits per heavy atom. The van der Waals surface area contributed by atoms with Gasteiger partial charge in [-0.1, -0.05) is 6.92 Å². The highest BCUT2D eigenvalue weighted by atomic mass is 16.5. The molecular weight excluding hydrogens is 446 g/mol. The number of amides is 2. The SMILES string of the molecule is CC[C@@H]1CN(C(=O)C2(C#N)CC2)C[C@H]1Nc1c(C(N)=O)cnn2cc(-c3ccc(OC)nc3)cc12. The maximum atomic E-state index is 13.0. The lowest BCUT2D eigenvalue weighted by Gasteiger charge is -2.22. The summed E-state index contributed by atoms with van der Waals surface area (Å²) in [5.74, 6) is 0.0124. The summed E-state index contributed by atoms with van der Waals surface area (Å²) in [5, 5.41) is 17.4. The number of aromatic nitrogens is 3. The van der Waals surface area contributed by atoms with E-state index in [1.165, 1.54) is 6.20 Å². The molecule has 2 amide bonds. The zero-order valence-corrected chi connectivity index (χ0v) is 19.7. The van der Waals surface area contributed by atoms with E-state index in [1.807, 2.05) is 18.3 Å². The molecule has 0 spiro atoms. The quantitative estimate of drug-likeness (QED) is 0.537. The van der Waals surface area contributed by atoms with E-state index >= 15 is 0 Å². The third kappa shape index (κ3) is 3.93. The van der Waals surface area contributed by atoms with Crippen molar-refractivity contribution in [2.75, 3.05) is 25.5 Å². The predicted octanol–water partition coefficient (Wildman–Crippen LogP) is 2.46. The lowest BCUT2D eigenvalue weighted by atomic mass is 10.00. The highest BCUT2D eigenvalue weighted by Gasteiger charge is 2.54. The Bertz CT molecular complexity index is 1340. The van der Waals surface area contributed by atoms with Gasteiger partial charge in [-0.15, -0.1) is 0 Å². The molecular formula is C25H27N7O3. The summed E-state index contributed by atoms with van der Waals surface area (Å²) >= 11 is 0. The molecule has 35 heavy (non-hydrogen) atoms. The molecule has 0 radical (unpaired) electrons. The second kappa shape index (κ2) is 8.58. The number of methoxy groups -OCH3 is 1. The van der Waals surface area contributed by atoms with Crippen molar-refractivity contribution in [2.24, 2.45) is 17.1 Å². The van der Waals surface area contributed by atoms with E-state index < -0.39 is 11.3 Å². The topological polar surface area (TPSA) is 139 Å². The maximum Gasteiger partial charge on any atom is 0.252 e. The van der Waals surface area contributed by atoms with Crippen molar-refractivity contribution in [2.45, 2.75) is 32.2 Å². The third-order valence-electron chi connectivity index (χ3n) is 7.14. The van der Waals surface area contributed by atoms with Gasteiger partial charge in [-0.3, -0.25) is 9.59 Å². The van der Waals surface area contributed by atoms with Crippen molar-refractivity contribution >= 4 is 23.0 Å². The number of anilines is 1. The van der Waals surface area contributed by atoms with Crippen molar-refractivity contribution in [3.63, 3.8) is 0 Å². The summed E-state index contributed by atoms with van der Waals surface area (Å²) in [6.07, 6.45) is 7.13. The van der Waals surface area contributed by atoms with Crippen LogP contribution in [0.25, 0.3) is 16.6 Å². The fourth-order valence-electron chi connectivity index (χ4n) is 4.83. The van der Waals surface area contributed by atoms with Gasteiger partial charge in [-0.05, 0) is 37.3 Å². The highest BCUT2D eigenvalue weighted by Crippen LogP contribution is 2.47. The first kappa shape index (κ1) is 22.7. The number of primary amides is 1. The molecule has 4 heterocycles. The Labute approximate surface area is 202 Å². The minimum atomic E-state index is -0.849. The number of fused-ring (bicyclic) bond motifs is 1. The predicted molar refractivity (Wildman–Crippen MR) is 129 cm³/mol. The number of likely N-dealkylation sites (tertiary alicyclic amines) is 1. The number of nitrogens with zero attached hydrogens (tertiary/aromatic N) is 5. The Morgan fingerprint density at radius 2 is 2.09 bits per heavy atom. The number of hydrogen-bond acceptors (Lipinski definition) is 7. The van der Waals surface area contributed by atoms with E-state index in [9.17, 15) is 14.9 Å². The summed E-state index contributed by atoms with van der Waals surface area (Å²) in [6, 6.07) is 7.72. The summed E-state index contributed by atoms with van der Waals surface area (Å²) in [6.45, 7) is 3.12. The van der Waals surface area contributed by atoms with Crippen LogP contribution in [0.3, 0.4) is 0 Å². The molecule has 3 N–H and O–H groups in total. The number of carbonyl (C=O) groups excluding carboxylic acids is 2. The number of ether oxygens (including phenoxy) is 1. The van der Waals surface area contributed by atoms with Gasteiger partial charge in [-0.2, -0.15) is 10.4 Å². The van der Waals surface area contributed by atoms with E-state index in [-0.39, 0.29) is 23.4 Å². The molecule has 0 bridgehead atoms. The van der Waals surface area contributed by atoms with E-state index in [4.69, 9.17) is 10.5 Å². The number of pyridine rings is 1. The molecule has 0 aromatic carbocycles. The van der Waals surface area contributed by atoms with E-state index in [2.05, 4.69) is 28.4 Å².